The third-order valence-corrected chi connectivity index (χ3v) is 2.76. The predicted octanol–water partition coefficient (Wildman–Crippen LogP) is 2.13. The summed E-state index contributed by atoms with van der Waals surface area (Å²) in [4.78, 5) is 2.46. The SMILES string of the molecule is CC#CCN1CCC(CC)CC1. The fraction of sp³-hybridized carbons (Fsp3) is 0.818. The van der Waals surface area contributed by atoms with Crippen molar-refractivity contribution >= 4 is 0 Å². The molecule has 1 heteroatoms. The Bertz CT molecular complexity index is 167. The summed E-state index contributed by atoms with van der Waals surface area (Å²) in [5.74, 6) is 7.06. The number of rotatable bonds is 2. The van der Waals surface area contributed by atoms with Crippen LogP contribution in [-0.2, 0) is 0 Å². The Morgan fingerprint density at radius 2 is 2.00 bits per heavy atom. The van der Waals surface area contributed by atoms with Crippen molar-refractivity contribution in [2.24, 2.45) is 5.92 Å². The van der Waals surface area contributed by atoms with E-state index in [-0.39, 0.29) is 0 Å². The Kier molecular flexibility index (Phi) is 4.18. The van der Waals surface area contributed by atoms with Gasteiger partial charge < -0.3 is 0 Å². The lowest BCUT2D eigenvalue weighted by molar-refractivity contribution is 0.200. The molecule has 1 aliphatic rings. The summed E-state index contributed by atoms with van der Waals surface area (Å²) in [6.45, 7) is 7.71. The van der Waals surface area contributed by atoms with Crippen LogP contribution in [0.15, 0.2) is 0 Å². The van der Waals surface area contributed by atoms with E-state index in [4.69, 9.17) is 0 Å². The molecule has 1 rings (SSSR count). The normalized spacial score (nSPS) is 20.2. The van der Waals surface area contributed by atoms with Crippen LogP contribution in [-0.4, -0.2) is 24.5 Å². The first-order chi connectivity index (χ1) is 5.86. The van der Waals surface area contributed by atoms with Crippen molar-refractivity contribution in [2.45, 2.75) is 33.1 Å². The van der Waals surface area contributed by atoms with Gasteiger partial charge in [-0.3, -0.25) is 4.90 Å². The first kappa shape index (κ1) is 9.61. The van der Waals surface area contributed by atoms with Crippen molar-refractivity contribution in [1.29, 1.82) is 0 Å². The van der Waals surface area contributed by atoms with Crippen molar-refractivity contribution in [3.63, 3.8) is 0 Å². The molecular formula is C11H19N. The quantitative estimate of drug-likeness (QED) is 0.567. The molecule has 0 N–H and O–H groups in total. The average molecular weight is 165 g/mol. The molecule has 0 unspecified atom stereocenters. The van der Waals surface area contributed by atoms with Gasteiger partial charge in [-0.2, -0.15) is 0 Å². The minimum absolute atomic E-state index is 0.979. The van der Waals surface area contributed by atoms with Gasteiger partial charge >= 0.3 is 0 Å². The van der Waals surface area contributed by atoms with E-state index in [1.54, 1.807) is 0 Å². The molecule has 0 radical (unpaired) electrons. The molecule has 0 aliphatic carbocycles. The first-order valence-electron chi connectivity index (χ1n) is 4.98. The summed E-state index contributed by atoms with van der Waals surface area (Å²) in [7, 11) is 0. The monoisotopic (exact) mass is 165 g/mol. The van der Waals surface area contributed by atoms with Crippen molar-refractivity contribution < 1.29 is 0 Å². The predicted molar refractivity (Wildman–Crippen MR) is 52.9 cm³/mol. The van der Waals surface area contributed by atoms with Gasteiger partial charge in [0, 0.05) is 0 Å². The number of likely N-dealkylation sites (tertiary alicyclic amines) is 1. The molecule has 0 atom stereocenters. The maximum absolute atomic E-state index is 3.13. The summed E-state index contributed by atoms with van der Waals surface area (Å²) < 4.78 is 0. The topological polar surface area (TPSA) is 3.24 Å². The molecule has 12 heavy (non-hydrogen) atoms. The van der Waals surface area contributed by atoms with Gasteiger partial charge in [0.2, 0.25) is 0 Å². The van der Waals surface area contributed by atoms with Crippen LogP contribution in [0, 0.1) is 17.8 Å². The highest BCUT2D eigenvalue weighted by Gasteiger charge is 2.16. The van der Waals surface area contributed by atoms with E-state index in [2.05, 4.69) is 23.7 Å². The fourth-order valence-corrected chi connectivity index (χ4v) is 1.74. The lowest BCUT2D eigenvalue weighted by atomic mass is 9.94. The summed E-state index contributed by atoms with van der Waals surface area (Å²) >= 11 is 0. The third kappa shape index (κ3) is 2.87. The van der Waals surface area contributed by atoms with Crippen LogP contribution >= 0.6 is 0 Å². The Balaban J connectivity index is 2.20. The van der Waals surface area contributed by atoms with Gasteiger partial charge in [0.05, 0.1) is 6.54 Å². The molecule has 0 amide bonds. The van der Waals surface area contributed by atoms with Crippen LogP contribution in [0.1, 0.15) is 33.1 Å². The number of hydrogen-bond acceptors (Lipinski definition) is 1. The van der Waals surface area contributed by atoms with E-state index in [0.717, 1.165) is 12.5 Å². The maximum Gasteiger partial charge on any atom is 0.0601 e. The van der Waals surface area contributed by atoms with Gasteiger partial charge in [-0.05, 0) is 38.8 Å². The second kappa shape index (κ2) is 5.22. The third-order valence-electron chi connectivity index (χ3n) is 2.76. The molecule has 1 nitrogen and oxygen atoms in total. The Labute approximate surface area is 76.1 Å². The van der Waals surface area contributed by atoms with E-state index in [9.17, 15) is 0 Å². The van der Waals surface area contributed by atoms with Crippen LogP contribution in [0.3, 0.4) is 0 Å². The molecule has 1 heterocycles. The highest BCUT2D eigenvalue weighted by atomic mass is 15.1. The average Bonchev–Trinajstić information content (AvgIpc) is 2.15. The summed E-state index contributed by atoms with van der Waals surface area (Å²) in [6, 6.07) is 0. The van der Waals surface area contributed by atoms with Gasteiger partial charge in [0.15, 0.2) is 0 Å². The summed E-state index contributed by atoms with van der Waals surface area (Å²) in [5, 5.41) is 0. The molecular weight excluding hydrogens is 146 g/mol. The molecule has 1 aliphatic heterocycles. The van der Waals surface area contributed by atoms with Crippen molar-refractivity contribution in [2.75, 3.05) is 19.6 Å². The zero-order valence-electron chi connectivity index (χ0n) is 8.27. The van der Waals surface area contributed by atoms with Gasteiger partial charge in [-0.15, -0.1) is 5.92 Å². The molecule has 0 aromatic rings. The van der Waals surface area contributed by atoms with E-state index in [1.807, 2.05) is 6.92 Å². The number of hydrogen-bond donors (Lipinski definition) is 0. The van der Waals surface area contributed by atoms with Gasteiger partial charge in [0.1, 0.15) is 0 Å². The van der Waals surface area contributed by atoms with Crippen LogP contribution in [0.5, 0.6) is 0 Å². The van der Waals surface area contributed by atoms with Crippen LogP contribution in [0.2, 0.25) is 0 Å². The molecule has 1 saturated heterocycles. The fourth-order valence-electron chi connectivity index (χ4n) is 1.74. The second-order valence-corrected chi connectivity index (χ2v) is 3.55. The van der Waals surface area contributed by atoms with Crippen LogP contribution < -0.4 is 0 Å². The number of piperidine rings is 1. The molecule has 0 saturated carbocycles. The van der Waals surface area contributed by atoms with E-state index in [1.165, 1.54) is 32.4 Å². The number of nitrogens with zero attached hydrogens (tertiary/aromatic N) is 1. The smallest absolute Gasteiger partial charge is 0.0601 e. The van der Waals surface area contributed by atoms with E-state index >= 15 is 0 Å². The molecule has 0 spiro atoms. The van der Waals surface area contributed by atoms with Crippen molar-refractivity contribution in [3.05, 3.63) is 0 Å². The Hall–Kier alpha value is -0.480. The second-order valence-electron chi connectivity index (χ2n) is 3.55. The van der Waals surface area contributed by atoms with E-state index in [0.29, 0.717) is 0 Å². The first-order valence-corrected chi connectivity index (χ1v) is 4.98. The van der Waals surface area contributed by atoms with Crippen molar-refractivity contribution in [3.8, 4) is 11.8 Å². The van der Waals surface area contributed by atoms with E-state index < -0.39 is 0 Å². The van der Waals surface area contributed by atoms with Crippen LogP contribution in [0.25, 0.3) is 0 Å². The molecule has 0 aromatic carbocycles. The van der Waals surface area contributed by atoms with Gasteiger partial charge in [0.25, 0.3) is 0 Å². The molecule has 0 aromatic heterocycles. The maximum atomic E-state index is 3.13. The van der Waals surface area contributed by atoms with Gasteiger partial charge in [-0.1, -0.05) is 19.3 Å². The Morgan fingerprint density at radius 3 is 2.50 bits per heavy atom. The van der Waals surface area contributed by atoms with Crippen molar-refractivity contribution in [1.82, 2.24) is 4.90 Å². The Morgan fingerprint density at radius 1 is 1.33 bits per heavy atom. The zero-order valence-corrected chi connectivity index (χ0v) is 8.27. The zero-order chi connectivity index (χ0) is 8.81. The molecule has 68 valence electrons. The van der Waals surface area contributed by atoms with Gasteiger partial charge in [-0.25, -0.2) is 0 Å². The molecule has 0 bridgehead atoms. The van der Waals surface area contributed by atoms with Crippen LogP contribution in [0.4, 0.5) is 0 Å². The highest BCUT2D eigenvalue weighted by molar-refractivity contribution is 4.98. The lowest BCUT2D eigenvalue weighted by Crippen LogP contribution is -2.33. The summed E-state index contributed by atoms with van der Waals surface area (Å²) in [5.41, 5.74) is 0. The molecule has 1 fully saturated rings. The largest absolute Gasteiger partial charge is 0.292 e. The lowest BCUT2D eigenvalue weighted by Gasteiger charge is -2.29. The highest BCUT2D eigenvalue weighted by Crippen LogP contribution is 2.19. The minimum atomic E-state index is 0.979. The minimum Gasteiger partial charge on any atom is -0.292 e. The summed E-state index contributed by atoms with van der Waals surface area (Å²) in [6.07, 6.45) is 4.11. The standard InChI is InChI=1S/C11H19N/c1-3-5-8-12-9-6-11(4-2)7-10-12/h11H,4,6-10H2,1-2H3.